The van der Waals surface area contributed by atoms with Crippen molar-refractivity contribution in [1.29, 1.82) is 5.26 Å². The topological polar surface area (TPSA) is 58.1 Å². The average molecular weight is 279 g/mol. The van der Waals surface area contributed by atoms with Crippen molar-refractivity contribution in [2.24, 2.45) is 12.2 Å². The summed E-state index contributed by atoms with van der Waals surface area (Å²) in [6.45, 7) is 4.29. The Hall–Kier alpha value is -2.41. The highest BCUT2D eigenvalue weighted by atomic mass is 16.3. The largest absolute Gasteiger partial charge is 0.335 e. The van der Waals surface area contributed by atoms with Gasteiger partial charge in [0.05, 0.1) is 0 Å². The zero-order valence-electron chi connectivity index (χ0n) is 12.4. The van der Waals surface area contributed by atoms with Crippen molar-refractivity contribution in [3.05, 3.63) is 52.1 Å². The number of rotatable bonds is 2. The lowest BCUT2D eigenvalue weighted by Gasteiger charge is -2.19. The second-order valence-electron chi connectivity index (χ2n) is 6.29. The monoisotopic (exact) mass is 279 g/mol. The first kappa shape index (κ1) is 13.6. The van der Waals surface area contributed by atoms with Crippen LogP contribution in [-0.4, -0.2) is 4.57 Å². The van der Waals surface area contributed by atoms with Crippen molar-refractivity contribution < 1.29 is 0 Å². The summed E-state index contributed by atoms with van der Waals surface area (Å²) in [7, 11) is 1.89. The van der Waals surface area contributed by atoms with Crippen LogP contribution in [0.1, 0.15) is 43.1 Å². The summed E-state index contributed by atoms with van der Waals surface area (Å²) in [6, 6.07) is 11.9. The molecule has 0 radical (unpaired) electrons. The first-order valence-corrected chi connectivity index (χ1v) is 7.01. The van der Waals surface area contributed by atoms with Crippen molar-refractivity contribution in [3.63, 3.8) is 0 Å². The lowest BCUT2D eigenvalue weighted by atomic mass is 9.85. The molecule has 21 heavy (non-hydrogen) atoms. The minimum atomic E-state index is -0.243. The van der Waals surface area contributed by atoms with Crippen molar-refractivity contribution in [3.8, 4) is 17.3 Å². The number of benzene rings is 1. The SMILES string of the molecule is Cn1c(C#N)ccc1-c1ccc2c(c1)C(C)(C)CC2N=O. The van der Waals surface area contributed by atoms with E-state index < -0.39 is 0 Å². The van der Waals surface area contributed by atoms with Gasteiger partial charge in [-0.1, -0.05) is 31.2 Å². The van der Waals surface area contributed by atoms with Gasteiger partial charge >= 0.3 is 0 Å². The van der Waals surface area contributed by atoms with Crippen molar-refractivity contribution in [1.82, 2.24) is 4.57 Å². The fourth-order valence-corrected chi connectivity index (χ4v) is 3.30. The van der Waals surface area contributed by atoms with Gasteiger partial charge in [0.25, 0.3) is 0 Å². The molecule has 1 heterocycles. The highest BCUT2D eigenvalue weighted by Gasteiger charge is 2.37. The van der Waals surface area contributed by atoms with E-state index in [0.717, 1.165) is 23.2 Å². The van der Waals surface area contributed by atoms with Gasteiger partial charge in [0.15, 0.2) is 0 Å². The number of hydrogen-bond acceptors (Lipinski definition) is 3. The first-order chi connectivity index (χ1) is 9.97. The van der Waals surface area contributed by atoms with Crippen molar-refractivity contribution in [2.45, 2.75) is 31.7 Å². The van der Waals surface area contributed by atoms with Gasteiger partial charge in [-0.3, -0.25) is 0 Å². The molecule has 1 aliphatic rings. The molecule has 1 atom stereocenters. The van der Waals surface area contributed by atoms with Crippen molar-refractivity contribution in [2.75, 3.05) is 0 Å². The van der Waals surface area contributed by atoms with E-state index in [1.54, 1.807) is 0 Å². The standard InChI is InChI=1S/C17H17N3O/c1-17(2)9-15(19-21)13-6-4-11(8-14(13)17)16-7-5-12(10-18)20(16)3/h4-8,15H,9H2,1-3H3. The van der Waals surface area contributed by atoms with E-state index in [1.165, 1.54) is 5.56 Å². The molecule has 1 aromatic heterocycles. The van der Waals surface area contributed by atoms with Crippen LogP contribution in [0, 0.1) is 16.2 Å². The van der Waals surface area contributed by atoms with Crippen molar-refractivity contribution >= 4 is 0 Å². The fourth-order valence-electron chi connectivity index (χ4n) is 3.30. The molecule has 0 spiro atoms. The second kappa shape index (κ2) is 4.56. The third-order valence-electron chi connectivity index (χ3n) is 4.50. The normalized spacial score (nSPS) is 19.0. The average Bonchev–Trinajstić information content (AvgIpc) is 2.96. The third kappa shape index (κ3) is 1.97. The molecule has 0 N–H and O–H groups in total. The predicted molar refractivity (Wildman–Crippen MR) is 81.7 cm³/mol. The van der Waals surface area contributed by atoms with Crippen LogP contribution in [-0.2, 0) is 12.5 Å². The molecular formula is C17H17N3O. The summed E-state index contributed by atoms with van der Waals surface area (Å²) in [6.07, 6.45) is 0.756. The molecule has 1 aromatic carbocycles. The van der Waals surface area contributed by atoms with Gasteiger partial charge in [-0.15, -0.1) is 0 Å². The molecule has 4 nitrogen and oxygen atoms in total. The molecule has 4 heteroatoms. The maximum atomic E-state index is 11.0. The highest BCUT2D eigenvalue weighted by molar-refractivity contribution is 5.65. The molecule has 1 aliphatic carbocycles. The molecule has 3 rings (SSSR count). The van der Waals surface area contributed by atoms with Crippen LogP contribution in [0.25, 0.3) is 11.3 Å². The molecule has 106 valence electrons. The van der Waals surface area contributed by atoms with Gasteiger partial charge < -0.3 is 4.57 Å². The molecular weight excluding hydrogens is 262 g/mol. The van der Waals surface area contributed by atoms with E-state index in [1.807, 2.05) is 35.9 Å². The summed E-state index contributed by atoms with van der Waals surface area (Å²) in [4.78, 5) is 11.0. The minimum Gasteiger partial charge on any atom is -0.335 e. The summed E-state index contributed by atoms with van der Waals surface area (Å²) in [5, 5.41) is 12.3. The van der Waals surface area contributed by atoms with Crippen LogP contribution >= 0.6 is 0 Å². The van der Waals surface area contributed by atoms with Gasteiger partial charge in [0.2, 0.25) is 0 Å². The molecule has 0 bridgehead atoms. The van der Waals surface area contributed by atoms with Crippen LogP contribution in [0.2, 0.25) is 0 Å². The lowest BCUT2D eigenvalue weighted by molar-refractivity contribution is 0.481. The van der Waals surface area contributed by atoms with E-state index in [2.05, 4.69) is 31.2 Å². The Morgan fingerprint density at radius 1 is 1.33 bits per heavy atom. The van der Waals surface area contributed by atoms with Gasteiger partial charge in [-0.05, 0) is 46.7 Å². The van der Waals surface area contributed by atoms with Crippen LogP contribution in [0.5, 0.6) is 0 Å². The zero-order valence-corrected chi connectivity index (χ0v) is 12.4. The fraction of sp³-hybridized carbons (Fsp3) is 0.353. The van der Waals surface area contributed by atoms with E-state index >= 15 is 0 Å². The summed E-state index contributed by atoms with van der Waals surface area (Å²) >= 11 is 0. The molecule has 2 aromatic rings. The van der Waals surface area contributed by atoms with Gasteiger partial charge in [0, 0.05) is 12.7 Å². The van der Waals surface area contributed by atoms with E-state index in [-0.39, 0.29) is 11.5 Å². The maximum absolute atomic E-state index is 11.0. The predicted octanol–water partition coefficient (Wildman–Crippen LogP) is 4.05. The Kier molecular flexibility index (Phi) is 2.94. The number of nitrogens with zero attached hydrogens (tertiary/aromatic N) is 3. The number of nitroso groups, excluding NO2 is 1. The quantitative estimate of drug-likeness (QED) is 0.778. The molecule has 0 saturated carbocycles. The molecule has 0 fully saturated rings. The molecule has 0 amide bonds. The summed E-state index contributed by atoms with van der Waals surface area (Å²) < 4.78 is 1.89. The van der Waals surface area contributed by atoms with E-state index in [4.69, 9.17) is 5.26 Å². The Morgan fingerprint density at radius 2 is 2.10 bits per heavy atom. The number of hydrogen-bond donors (Lipinski definition) is 0. The van der Waals surface area contributed by atoms with Gasteiger partial charge in [0.1, 0.15) is 17.8 Å². The Bertz CT molecular complexity index is 765. The number of fused-ring (bicyclic) bond motifs is 1. The van der Waals surface area contributed by atoms with E-state index in [0.29, 0.717) is 5.69 Å². The minimum absolute atomic E-state index is 0.0485. The highest BCUT2D eigenvalue weighted by Crippen LogP contribution is 2.47. The Labute approximate surface area is 124 Å². The third-order valence-corrected chi connectivity index (χ3v) is 4.50. The lowest BCUT2D eigenvalue weighted by Crippen LogP contribution is -2.12. The smallest absolute Gasteiger partial charge is 0.120 e. The van der Waals surface area contributed by atoms with Crippen LogP contribution in [0.15, 0.2) is 35.5 Å². The van der Waals surface area contributed by atoms with Gasteiger partial charge in [-0.25, -0.2) is 0 Å². The maximum Gasteiger partial charge on any atom is 0.120 e. The molecule has 0 aliphatic heterocycles. The Morgan fingerprint density at radius 3 is 2.71 bits per heavy atom. The zero-order chi connectivity index (χ0) is 15.2. The van der Waals surface area contributed by atoms with Crippen LogP contribution in [0.3, 0.4) is 0 Å². The van der Waals surface area contributed by atoms with Gasteiger partial charge in [-0.2, -0.15) is 10.2 Å². The second-order valence-corrected chi connectivity index (χ2v) is 6.29. The number of nitriles is 1. The summed E-state index contributed by atoms with van der Waals surface area (Å²) in [5.41, 5.74) is 4.88. The van der Waals surface area contributed by atoms with Crippen LogP contribution < -0.4 is 0 Å². The molecule has 0 saturated heterocycles. The first-order valence-electron chi connectivity index (χ1n) is 7.01. The Balaban J connectivity index is 2.14. The van der Waals surface area contributed by atoms with E-state index in [9.17, 15) is 4.91 Å². The molecule has 1 unspecified atom stereocenters. The number of aromatic nitrogens is 1. The summed E-state index contributed by atoms with van der Waals surface area (Å²) in [5.74, 6) is 0. The van der Waals surface area contributed by atoms with Crippen LogP contribution in [0.4, 0.5) is 0 Å².